The summed E-state index contributed by atoms with van der Waals surface area (Å²) in [6, 6.07) is -1.66. The fourth-order valence-electron chi connectivity index (χ4n) is 12.1. The van der Waals surface area contributed by atoms with Gasteiger partial charge in [-0.1, -0.05) is 137 Å². The van der Waals surface area contributed by atoms with E-state index in [0.717, 1.165) is 35.3 Å². The standard InChI is InChI=1S/C18H26N4O6S.C17H25N5O6S.C16H23N5O6S.C12H17N3O4S.CH4/c1-5-9(7(2)3)17(26)27-6-10-11(23)12(24)16(28-10)22-8(4)29-13-14(22)20-18(19)21-15(13)25;1-6-22(12-10(29-6)13(25)21-16(19)20-12)14-9(24)8(23)7(28-14)5-27-15(26)11(18)17(2,3)4;1-5(2)8(17)15(25)26-4-7-9(22)10(23)14(27-7)21-6(3)28-11-12(21)19-16(18)20-13(11)24;1-2-6-8(16)9(17)12(19-6)15-4-20-10-5(15)3-7(13)14-11(10)18;/h7,9-12,16,23-24H,4-6H2,1-3H3,(H3,19,20,21,25);7-9,11,14,23-24H,1,5,18H2,2-4H3,(H3,19,20,21,25);5,7-10,14,22-23H,3-4,17H2,1-2H3,(H3,18,19,20,24);6,8-9,12,16-17H,2-4H2,1H3,(H2,13,14,18);1H4/t9-,10+,11+,12+,16+;7-,8-,9-,11-,14-;7-,8+,9-,10-,14-;6-,8-,9-,12-;/m0111./s1. The van der Waals surface area contributed by atoms with Crippen molar-refractivity contribution in [3.63, 3.8) is 0 Å². The van der Waals surface area contributed by atoms with E-state index in [1.807, 2.05) is 27.7 Å². The maximum absolute atomic E-state index is 12.3. The molecule has 4 saturated heterocycles. The number of H-pyrrole nitrogens is 3. The van der Waals surface area contributed by atoms with Gasteiger partial charge in [-0.3, -0.25) is 68.6 Å². The van der Waals surface area contributed by atoms with Crippen molar-refractivity contribution >= 4 is 112 Å². The molecule has 107 heavy (non-hydrogen) atoms. The number of nitrogens with zero attached hydrogens (tertiary/aromatic N) is 7. The van der Waals surface area contributed by atoms with Crippen LogP contribution in [0.1, 0.15) is 89.0 Å². The molecule has 0 aliphatic carbocycles. The third kappa shape index (κ3) is 17.9. The zero-order chi connectivity index (χ0) is 78.3. The molecule has 592 valence electrons. The van der Waals surface area contributed by atoms with Gasteiger partial charge in [-0.15, -0.1) is 0 Å². The highest BCUT2D eigenvalue weighted by Crippen LogP contribution is 2.49. The molecule has 3 aromatic heterocycles. The van der Waals surface area contributed by atoms with Crippen molar-refractivity contribution in [1.29, 1.82) is 5.41 Å². The Kier molecular flexibility index (Phi) is 27.6. The molecule has 1 amide bonds. The number of anilines is 6. The smallest absolute Gasteiger partial charge is 0.323 e. The van der Waals surface area contributed by atoms with Crippen molar-refractivity contribution in [1.82, 2.24) is 40.1 Å². The molecule has 0 saturated carbocycles. The van der Waals surface area contributed by atoms with Gasteiger partial charge in [-0.25, -0.2) is 0 Å². The number of carbonyl (C=O) groups is 4. The summed E-state index contributed by atoms with van der Waals surface area (Å²) in [4.78, 5) is 111. The molecule has 19 atom stereocenters. The number of ether oxygens (including phenoxy) is 7. The van der Waals surface area contributed by atoms with E-state index in [4.69, 9.17) is 67.2 Å². The number of amides is 1. The summed E-state index contributed by atoms with van der Waals surface area (Å²) in [6.07, 6.45) is -15.7. The molecule has 12 rings (SSSR count). The van der Waals surface area contributed by atoms with Crippen LogP contribution in [0.15, 0.2) is 74.5 Å². The Hall–Kier alpha value is -7.41. The highest BCUT2D eigenvalue weighted by molar-refractivity contribution is 8.04. The van der Waals surface area contributed by atoms with Gasteiger partial charge in [0.2, 0.25) is 17.8 Å². The normalized spacial score (nSPS) is 29.3. The molecule has 3 aromatic rings. The molecule has 0 bridgehead atoms. The van der Waals surface area contributed by atoms with Crippen LogP contribution in [-0.4, -0.2) is 241 Å². The van der Waals surface area contributed by atoms with Crippen molar-refractivity contribution in [3.05, 3.63) is 76.5 Å². The molecule has 39 nitrogen and oxygen atoms in total. The van der Waals surface area contributed by atoms with Crippen molar-refractivity contribution in [2.45, 2.75) is 214 Å². The first-order valence-corrected chi connectivity index (χ1v) is 36.9. The van der Waals surface area contributed by atoms with Crippen molar-refractivity contribution < 1.29 is 93.2 Å². The van der Waals surface area contributed by atoms with Crippen LogP contribution in [0, 0.1) is 28.6 Å². The number of aromatic amines is 3. The van der Waals surface area contributed by atoms with Crippen LogP contribution in [0.2, 0.25) is 0 Å². The second-order valence-electron chi connectivity index (χ2n) is 27.4. The topological polar surface area (TPSA) is 611 Å². The number of hydrogen-bond donors (Lipinski definition) is 18. The fourth-order valence-corrected chi connectivity index (χ4v) is 16.0. The average molecular weight is 1580 g/mol. The number of rotatable bonds is 17. The van der Waals surface area contributed by atoms with Gasteiger partial charge in [-0.2, -0.15) is 15.0 Å². The Labute approximate surface area is 630 Å². The van der Waals surface area contributed by atoms with Crippen LogP contribution in [0.5, 0.6) is 0 Å². The molecular formula is C64H95N17O22S4. The van der Waals surface area contributed by atoms with Gasteiger partial charge in [0.25, 0.3) is 22.6 Å². The van der Waals surface area contributed by atoms with Gasteiger partial charge in [0.05, 0.1) is 37.9 Å². The Morgan fingerprint density at radius 1 is 0.579 bits per heavy atom. The zero-order valence-electron chi connectivity index (χ0n) is 59.1. The molecule has 9 aliphatic heterocycles. The first kappa shape index (κ1) is 85.2. The molecule has 12 heterocycles. The van der Waals surface area contributed by atoms with Crippen LogP contribution in [0.4, 0.5) is 35.3 Å². The lowest BCUT2D eigenvalue weighted by Crippen LogP contribution is -2.45. The minimum absolute atomic E-state index is 0. The number of aromatic nitrogens is 6. The zero-order valence-corrected chi connectivity index (χ0v) is 62.4. The van der Waals surface area contributed by atoms with Gasteiger partial charge in [0, 0.05) is 12.1 Å². The summed E-state index contributed by atoms with van der Waals surface area (Å²) in [7, 11) is 0. The minimum atomic E-state index is -1.37. The summed E-state index contributed by atoms with van der Waals surface area (Å²) in [5.41, 5.74) is 27.3. The summed E-state index contributed by atoms with van der Waals surface area (Å²) < 4.78 is 38.6. The van der Waals surface area contributed by atoms with Crippen LogP contribution < -0.4 is 65.4 Å². The van der Waals surface area contributed by atoms with E-state index in [1.165, 1.54) is 26.5 Å². The third-order valence-corrected chi connectivity index (χ3v) is 22.4. The average Bonchev–Trinajstić information content (AvgIpc) is 1.63. The van der Waals surface area contributed by atoms with E-state index in [9.17, 15) is 74.4 Å². The summed E-state index contributed by atoms with van der Waals surface area (Å²) >= 11 is 4.53. The molecule has 9 aliphatic rings. The largest absolute Gasteiger partial charge is 0.463 e. The van der Waals surface area contributed by atoms with Crippen molar-refractivity contribution in [3.8, 4) is 0 Å². The van der Waals surface area contributed by atoms with Crippen molar-refractivity contribution in [2.24, 2.45) is 34.6 Å². The van der Waals surface area contributed by atoms with E-state index < -0.39 is 144 Å². The summed E-state index contributed by atoms with van der Waals surface area (Å²) in [6.45, 7) is 27.4. The SMILES string of the molecule is C.C=C1Sc2c(nc(N)[nH]c2=O)N1[C@@H]1O[C@H](COC(=O)[C@@H](CC)C(C)C)[C@@H](O)[C@H]1O.C=C1Sc2c(nc(N)[nH]c2=O)N1[C@@H]1O[C@H](COC(=O)[C@@H](N)C(C)(C)C)[C@@H](O)[C@H]1O.C=C1Sc2c(nc(N)[nH]c2=O)N1[C@@H]1O[C@H](COC(=O)[C@@H](N)C(C)C)[C@@H](O)[C@H]1O.CC[C@H]1O[C@@H](N2CSC3=C2CC(=N)NC3=O)[C@H](O)[C@@H]1O. The second kappa shape index (κ2) is 34.7. The quantitative estimate of drug-likeness (QED) is 0.0535. The van der Waals surface area contributed by atoms with E-state index >= 15 is 0 Å². The number of aliphatic hydroxyl groups excluding tert-OH is 8. The number of carbonyl (C=O) groups excluding carboxylic acids is 4. The summed E-state index contributed by atoms with van der Waals surface area (Å²) in [5.74, 6) is -1.30. The number of nitrogen functional groups attached to an aromatic ring is 3. The number of fused-ring (bicyclic) bond motifs is 3. The highest BCUT2D eigenvalue weighted by atomic mass is 32.2. The monoisotopic (exact) mass is 1580 g/mol. The third-order valence-electron chi connectivity index (χ3n) is 18.3. The number of hydrogen-bond acceptors (Lipinski definition) is 39. The number of nitrogens with one attached hydrogen (secondary N) is 5. The lowest BCUT2D eigenvalue weighted by atomic mass is 9.87. The van der Waals surface area contributed by atoms with E-state index in [2.05, 4.69) is 55.0 Å². The van der Waals surface area contributed by atoms with Gasteiger partial charge >= 0.3 is 17.9 Å². The van der Waals surface area contributed by atoms with Crippen LogP contribution in [0.3, 0.4) is 0 Å². The Morgan fingerprint density at radius 3 is 1.28 bits per heavy atom. The van der Waals surface area contributed by atoms with Gasteiger partial charge in [0.15, 0.2) is 42.4 Å². The molecule has 0 spiro atoms. The second-order valence-corrected chi connectivity index (χ2v) is 31.6. The maximum atomic E-state index is 12.3. The number of esters is 3. The predicted octanol–water partition coefficient (Wildman–Crippen LogP) is -1.59. The Balaban J connectivity index is 0.000000181. The van der Waals surface area contributed by atoms with E-state index in [-0.39, 0.29) is 113 Å². The molecule has 43 heteroatoms. The predicted molar refractivity (Wildman–Crippen MR) is 394 cm³/mol. The number of thioether (sulfide) groups is 4. The fraction of sp³-hybridized carbons (Fsp3) is 0.609. The lowest BCUT2D eigenvalue weighted by molar-refractivity contribution is -0.156. The van der Waals surface area contributed by atoms with E-state index in [0.29, 0.717) is 50.8 Å². The number of nitrogens with two attached hydrogens (primary N) is 5. The van der Waals surface area contributed by atoms with Crippen LogP contribution in [0.25, 0.3) is 0 Å². The molecule has 4 fully saturated rings. The van der Waals surface area contributed by atoms with Crippen LogP contribution >= 0.6 is 47.0 Å². The van der Waals surface area contributed by atoms with Gasteiger partial charge in [-0.05, 0) is 30.1 Å². The molecular weight excluding hydrogens is 1490 g/mol. The number of aliphatic hydroxyl groups is 8. The maximum Gasteiger partial charge on any atom is 0.323 e. The molecule has 0 radical (unpaired) electrons. The first-order chi connectivity index (χ1) is 49.7. The first-order valence-electron chi connectivity index (χ1n) is 33.5. The highest BCUT2D eigenvalue weighted by Gasteiger charge is 2.54. The van der Waals surface area contributed by atoms with E-state index in [1.54, 1.807) is 39.5 Å². The summed E-state index contributed by atoms with van der Waals surface area (Å²) in [5, 5.41) is 93.9. The number of amidine groups is 1. The molecule has 0 aromatic carbocycles. The van der Waals surface area contributed by atoms with Gasteiger partial charge < -0.3 is 113 Å². The minimum Gasteiger partial charge on any atom is -0.463 e. The molecule has 23 N–H and O–H groups in total. The van der Waals surface area contributed by atoms with Crippen molar-refractivity contribution in [2.75, 3.05) is 57.6 Å². The van der Waals surface area contributed by atoms with Gasteiger partial charge in [0.1, 0.15) is 120 Å². The molecule has 0 unspecified atom stereocenters. The Bertz CT molecular complexity index is 3960. The van der Waals surface area contributed by atoms with Crippen LogP contribution in [-0.2, 0) is 52.3 Å². The Morgan fingerprint density at radius 2 is 0.935 bits per heavy atom. The lowest BCUT2D eigenvalue weighted by Gasteiger charge is -2.31.